The minimum Gasteiger partial charge on any atom is -0.423 e. The molecule has 20 heavy (non-hydrogen) atoms. The highest BCUT2D eigenvalue weighted by atomic mass is 16.4. The van der Waals surface area contributed by atoms with Crippen molar-refractivity contribution in [2.75, 3.05) is 0 Å². The number of hydrogen-bond acceptors (Lipinski definition) is 4. The summed E-state index contributed by atoms with van der Waals surface area (Å²) in [5.41, 5.74) is 2.67. The van der Waals surface area contributed by atoms with E-state index in [9.17, 15) is 10.0 Å². The van der Waals surface area contributed by atoms with Crippen molar-refractivity contribution < 1.29 is 10.0 Å². The molecule has 0 saturated carbocycles. The van der Waals surface area contributed by atoms with Crippen molar-refractivity contribution in [1.29, 1.82) is 0 Å². The lowest BCUT2D eigenvalue weighted by Gasteiger charge is -2.07. The number of hydrogen-bond donors (Lipinski definition) is 2. The van der Waals surface area contributed by atoms with E-state index < -0.39 is 7.12 Å². The minimum atomic E-state index is -1.55. The van der Waals surface area contributed by atoms with Crippen molar-refractivity contribution in [1.82, 2.24) is 15.0 Å². The summed E-state index contributed by atoms with van der Waals surface area (Å²) in [7, 11) is -1.55. The van der Waals surface area contributed by atoms with Gasteiger partial charge in [-0.15, -0.1) is 5.10 Å². The molecule has 0 unspecified atom stereocenters. The number of rotatable bonds is 3. The van der Waals surface area contributed by atoms with Crippen LogP contribution in [0.4, 0.5) is 0 Å². The van der Waals surface area contributed by atoms with Gasteiger partial charge < -0.3 is 10.0 Å². The van der Waals surface area contributed by atoms with Crippen LogP contribution in [0, 0.1) is 0 Å². The Morgan fingerprint density at radius 2 is 1.60 bits per heavy atom. The van der Waals surface area contributed by atoms with Crippen LogP contribution in [0.25, 0.3) is 16.9 Å². The Labute approximate surface area is 116 Å². The molecule has 0 amide bonds. The average molecular weight is 265 g/mol. The highest BCUT2D eigenvalue weighted by Crippen LogP contribution is 2.16. The van der Waals surface area contributed by atoms with Crippen molar-refractivity contribution in [3.8, 4) is 16.9 Å². The Balaban J connectivity index is 2.03. The van der Waals surface area contributed by atoms with Crippen LogP contribution < -0.4 is 5.46 Å². The molecular weight excluding hydrogens is 253 g/mol. The van der Waals surface area contributed by atoms with Crippen molar-refractivity contribution in [3.05, 3.63) is 60.8 Å². The molecule has 2 aromatic carbocycles. The second kappa shape index (κ2) is 5.28. The van der Waals surface area contributed by atoms with Gasteiger partial charge in [-0.2, -0.15) is 0 Å². The van der Waals surface area contributed by atoms with Crippen molar-refractivity contribution in [2.45, 2.75) is 0 Å². The van der Waals surface area contributed by atoms with Crippen LogP contribution in [0.1, 0.15) is 0 Å². The third kappa shape index (κ3) is 2.34. The fourth-order valence-corrected chi connectivity index (χ4v) is 2.04. The highest BCUT2D eigenvalue weighted by Gasteiger charge is 2.17. The fourth-order valence-electron chi connectivity index (χ4n) is 2.04. The first kappa shape index (κ1) is 12.6. The lowest BCUT2D eigenvalue weighted by molar-refractivity contribution is 0.425. The van der Waals surface area contributed by atoms with E-state index in [1.807, 2.05) is 36.4 Å². The molecule has 0 radical (unpaired) electrons. The van der Waals surface area contributed by atoms with Crippen LogP contribution in [0.15, 0.2) is 60.8 Å². The SMILES string of the molecule is OB(O)c1ccccc1-n1cc(-c2ccccc2)nn1. The van der Waals surface area contributed by atoms with Crippen LogP contribution in [-0.4, -0.2) is 32.2 Å². The molecule has 0 fully saturated rings. The lowest BCUT2D eigenvalue weighted by atomic mass is 9.79. The third-order valence-electron chi connectivity index (χ3n) is 3.02. The molecule has 6 heteroatoms. The van der Waals surface area contributed by atoms with E-state index in [1.54, 1.807) is 24.4 Å². The summed E-state index contributed by atoms with van der Waals surface area (Å²) >= 11 is 0. The van der Waals surface area contributed by atoms with Gasteiger partial charge in [-0.3, -0.25) is 0 Å². The molecular formula is C14H12BN3O2. The molecule has 1 aromatic heterocycles. The predicted octanol–water partition coefficient (Wildman–Crippen LogP) is 0.614. The molecule has 1 heterocycles. The summed E-state index contributed by atoms with van der Waals surface area (Å²) in [6, 6.07) is 16.6. The molecule has 3 rings (SSSR count). The molecule has 0 saturated heterocycles. The minimum absolute atomic E-state index is 0.386. The van der Waals surface area contributed by atoms with E-state index in [-0.39, 0.29) is 0 Å². The van der Waals surface area contributed by atoms with Crippen molar-refractivity contribution in [2.24, 2.45) is 0 Å². The summed E-state index contributed by atoms with van der Waals surface area (Å²) < 4.78 is 1.54. The molecule has 0 aliphatic carbocycles. The zero-order valence-electron chi connectivity index (χ0n) is 10.6. The summed E-state index contributed by atoms with van der Waals surface area (Å²) in [5.74, 6) is 0. The first-order chi connectivity index (χ1) is 9.75. The zero-order chi connectivity index (χ0) is 13.9. The zero-order valence-corrected chi connectivity index (χ0v) is 10.6. The predicted molar refractivity (Wildman–Crippen MR) is 76.6 cm³/mol. The number of para-hydroxylation sites is 1. The molecule has 2 N–H and O–H groups in total. The molecule has 5 nitrogen and oxygen atoms in total. The number of benzene rings is 2. The second-order valence-electron chi connectivity index (χ2n) is 4.35. The summed E-state index contributed by atoms with van der Waals surface area (Å²) in [6.07, 6.45) is 1.76. The standard InChI is InChI=1S/C14H12BN3O2/c19-15(20)12-8-4-5-9-14(12)18-10-13(16-17-18)11-6-2-1-3-7-11/h1-10,19-20H. The summed E-state index contributed by atoms with van der Waals surface area (Å²) in [5, 5.41) is 26.9. The first-order valence-electron chi connectivity index (χ1n) is 6.19. The Bertz CT molecular complexity index is 713. The summed E-state index contributed by atoms with van der Waals surface area (Å²) in [6.45, 7) is 0. The maximum absolute atomic E-state index is 9.38. The van der Waals surface area contributed by atoms with E-state index in [1.165, 1.54) is 4.68 Å². The van der Waals surface area contributed by atoms with E-state index in [0.717, 1.165) is 11.3 Å². The van der Waals surface area contributed by atoms with Gasteiger partial charge in [0.15, 0.2) is 0 Å². The van der Waals surface area contributed by atoms with Gasteiger partial charge in [0.1, 0.15) is 5.69 Å². The summed E-state index contributed by atoms with van der Waals surface area (Å²) in [4.78, 5) is 0. The topological polar surface area (TPSA) is 71.2 Å². The van der Waals surface area contributed by atoms with Crippen molar-refractivity contribution in [3.63, 3.8) is 0 Å². The van der Waals surface area contributed by atoms with Crippen molar-refractivity contribution >= 4 is 12.6 Å². The Hall–Kier alpha value is -2.44. The molecule has 98 valence electrons. The van der Waals surface area contributed by atoms with Crippen LogP contribution in [-0.2, 0) is 0 Å². The smallest absolute Gasteiger partial charge is 0.423 e. The molecule has 3 aromatic rings. The average Bonchev–Trinajstić information content (AvgIpc) is 2.98. The van der Waals surface area contributed by atoms with E-state index in [4.69, 9.17) is 0 Å². The molecule has 0 bridgehead atoms. The van der Waals surface area contributed by atoms with Gasteiger partial charge >= 0.3 is 7.12 Å². The number of aromatic nitrogens is 3. The molecule has 0 aliphatic rings. The Morgan fingerprint density at radius 1 is 0.900 bits per heavy atom. The van der Waals surface area contributed by atoms with Gasteiger partial charge in [-0.25, -0.2) is 4.68 Å². The fraction of sp³-hybridized carbons (Fsp3) is 0. The third-order valence-corrected chi connectivity index (χ3v) is 3.02. The Kier molecular flexibility index (Phi) is 3.33. The van der Waals surface area contributed by atoms with E-state index >= 15 is 0 Å². The highest BCUT2D eigenvalue weighted by molar-refractivity contribution is 6.60. The van der Waals surface area contributed by atoms with Gasteiger partial charge in [0, 0.05) is 11.0 Å². The quantitative estimate of drug-likeness (QED) is 0.681. The van der Waals surface area contributed by atoms with Gasteiger partial charge in [-0.1, -0.05) is 53.7 Å². The van der Waals surface area contributed by atoms with Crippen LogP contribution >= 0.6 is 0 Å². The van der Waals surface area contributed by atoms with Gasteiger partial charge in [-0.05, 0) is 6.07 Å². The molecule has 0 spiro atoms. The van der Waals surface area contributed by atoms with Gasteiger partial charge in [0.2, 0.25) is 0 Å². The normalized spacial score (nSPS) is 10.5. The molecule has 0 aliphatic heterocycles. The first-order valence-corrected chi connectivity index (χ1v) is 6.19. The maximum atomic E-state index is 9.38. The lowest BCUT2D eigenvalue weighted by Crippen LogP contribution is -2.33. The molecule has 0 atom stereocenters. The second-order valence-corrected chi connectivity index (χ2v) is 4.35. The number of nitrogens with zero attached hydrogens (tertiary/aromatic N) is 3. The van der Waals surface area contributed by atoms with E-state index in [0.29, 0.717) is 11.2 Å². The van der Waals surface area contributed by atoms with Gasteiger partial charge in [0.25, 0.3) is 0 Å². The Morgan fingerprint density at radius 3 is 2.35 bits per heavy atom. The van der Waals surface area contributed by atoms with Crippen LogP contribution in [0.3, 0.4) is 0 Å². The maximum Gasteiger partial charge on any atom is 0.490 e. The largest absolute Gasteiger partial charge is 0.490 e. The van der Waals surface area contributed by atoms with Crippen LogP contribution in [0.5, 0.6) is 0 Å². The van der Waals surface area contributed by atoms with Gasteiger partial charge in [0.05, 0.1) is 11.9 Å². The monoisotopic (exact) mass is 265 g/mol. The van der Waals surface area contributed by atoms with Crippen LogP contribution in [0.2, 0.25) is 0 Å². The van der Waals surface area contributed by atoms with E-state index in [2.05, 4.69) is 10.3 Å².